The summed E-state index contributed by atoms with van der Waals surface area (Å²) in [6.45, 7) is 2.16. The lowest BCUT2D eigenvalue weighted by Crippen LogP contribution is -2.28. The molecule has 2 heterocycles. The molecule has 1 aliphatic heterocycles. The largest absolute Gasteiger partial charge is 0.384 e. The molecule has 0 bridgehead atoms. The Balaban J connectivity index is 1.48. The molecule has 2 N–H and O–H groups in total. The van der Waals surface area contributed by atoms with E-state index < -0.39 is 0 Å². The van der Waals surface area contributed by atoms with Gasteiger partial charge in [0.1, 0.15) is 0 Å². The van der Waals surface area contributed by atoms with Crippen molar-refractivity contribution in [1.82, 2.24) is 15.1 Å². The number of amides is 1. The third kappa shape index (κ3) is 2.82. The van der Waals surface area contributed by atoms with Gasteiger partial charge in [0.25, 0.3) is 0 Å². The van der Waals surface area contributed by atoms with Crippen LogP contribution in [0.4, 0.5) is 5.69 Å². The van der Waals surface area contributed by atoms with Gasteiger partial charge < -0.3 is 10.6 Å². The lowest BCUT2D eigenvalue weighted by molar-refractivity contribution is -0.121. The minimum atomic E-state index is 0.0978. The number of nitrogens with zero attached hydrogens (tertiary/aromatic N) is 2. The number of aromatic nitrogens is 2. The molecule has 20 heavy (non-hydrogen) atoms. The van der Waals surface area contributed by atoms with E-state index in [4.69, 9.17) is 0 Å². The Morgan fingerprint density at radius 1 is 1.40 bits per heavy atom. The van der Waals surface area contributed by atoms with Crippen molar-refractivity contribution in [1.29, 1.82) is 0 Å². The predicted octanol–water partition coefficient (Wildman–Crippen LogP) is 1.60. The molecule has 3 rings (SSSR count). The summed E-state index contributed by atoms with van der Waals surface area (Å²) in [5.74, 6) is 0.372. The highest BCUT2D eigenvalue weighted by molar-refractivity contribution is 5.78. The van der Waals surface area contributed by atoms with Crippen LogP contribution in [0.1, 0.15) is 17.9 Å². The molecule has 0 radical (unpaired) electrons. The van der Waals surface area contributed by atoms with Crippen molar-refractivity contribution in [2.45, 2.75) is 18.9 Å². The lowest BCUT2D eigenvalue weighted by atomic mass is 9.98. The van der Waals surface area contributed by atoms with Gasteiger partial charge in [-0.25, -0.2) is 0 Å². The molecule has 1 atom stereocenters. The molecule has 0 saturated heterocycles. The smallest absolute Gasteiger partial charge is 0.220 e. The fraction of sp³-hybridized carbons (Fsp3) is 0.333. The first-order chi connectivity index (χ1) is 9.83. The average Bonchev–Trinajstić information content (AvgIpc) is 3.09. The van der Waals surface area contributed by atoms with Gasteiger partial charge in [-0.3, -0.25) is 9.48 Å². The maximum atomic E-state index is 12.0. The first kappa shape index (κ1) is 12.7. The molecule has 1 aromatic heterocycles. The fourth-order valence-electron chi connectivity index (χ4n) is 2.58. The second-order valence-corrected chi connectivity index (χ2v) is 4.99. The summed E-state index contributed by atoms with van der Waals surface area (Å²) in [6, 6.07) is 10.1. The SMILES string of the molecule is O=C(CC1CNc2ccccc21)NCCn1cccn1. The number of carbonyl (C=O) groups excluding carboxylic acids is 1. The van der Waals surface area contributed by atoms with E-state index in [-0.39, 0.29) is 11.8 Å². The van der Waals surface area contributed by atoms with Crippen molar-refractivity contribution in [3.8, 4) is 0 Å². The van der Waals surface area contributed by atoms with Crippen molar-refractivity contribution < 1.29 is 4.79 Å². The highest BCUT2D eigenvalue weighted by Crippen LogP contribution is 2.32. The highest BCUT2D eigenvalue weighted by Gasteiger charge is 2.23. The lowest BCUT2D eigenvalue weighted by Gasteiger charge is -2.10. The standard InChI is InChI=1S/C15H18N4O/c20-15(16-7-9-19-8-3-6-18-19)10-12-11-17-14-5-2-1-4-13(12)14/h1-6,8,12,17H,7,9-11H2,(H,16,20). The minimum absolute atomic E-state index is 0.0978. The molecule has 1 unspecified atom stereocenters. The van der Waals surface area contributed by atoms with Crippen LogP contribution >= 0.6 is 0 Å². The maximum Gasteiger partial charge on any atom is 0.220 e. The van der Waals surface area contributed by atoms with E-state index >= 15 is 0 Å². The Labute approximate surface area is 118 Å². The fourth-order valence-corrected chi connectivity index (χ4v) is 2.58. The van der Waals surface area contributed by atoms with Crippen LogP contribution in [-0.4, -0.2) is 28.8 Å². The molecule has 5 nitrogen and oxygen atoms in total. The van der Waals surface area contributed by atoms with Gasteiger partial charge in [-0.15, -0.1) is 0 Å². The summed E-state index contributed by atoms with van der Waals surface area (Å²) in [6.07, 6.45) is 4.16. The number of hydrogen-bond acceptors (Lipinski definition) is 3. The van der Waals surface area contributed by atoms with Crippen LogP contribution in [0, 0.1) is 0 Å². The van der Waals surface area contributed by atoms with Gasteiger partial charge >= 0.3 is 0 Å². The Morgan fingerprint density at radius 3 is 3.15 bits per heavy atom. The van der Waals surface area contributed by atoms with Gasteiger partial charge in [-0.2, -0.15) is 5.10 Å². The van der Waals surface area contributed by atoms with Gasteiger partial charge in [-0.05, 0) is 17.7 Å². The van der Waals surface area contributed by atoms with Crippen molar-refractivity contribution in [2.75, 3.05) is 18.4 Å². The van der Waals surface area contributed by atoms with Crippen molar-refractivity contribution >= 4 is 11.6 Å². The van der Waals surface area contributed by atoms with E-state index in [0.717, 1.165) is 12.2 Å². The summed E-state index contributed by atoms with van der Waals surface area (Å²) in [4.78, 5) is 12.0. The molecular formula is C15H18N4O. The summed E-state index contributed by atoms with van der Waals surface area (Å²) in [7, 11) is 0. The maximum absolute atomic E-state index is 12.0. The number of benzene rings is 1. The monoisotopic (exact) mass is 270 g/mol. The molecule has 104 valence electrons. The van der Waals surface area contributed by atoms with Gasteiger partial charge in [0.15, 0.2) is 0 Å². The van der Waals surface area contributed by atoms with E-state index in [2.05, 4.69) is 27.9 Å². The molecule has 0 spiro atoms. The zero-order chi connectivity index (χ0) is 13.8. The normalized spacial score (nSPS) is 16.5. The van der Waals surface area contributed by atoms with Gasteiger partial charge in [0.2, 0.25) is 5.91 Å². The van der Waals surface area contributed by atoms with Crippen LogP contribution in [0.15, 0.2) is 42.7 Å². The zero-order valence-electron chi connectivity index (χ0n) is 11.2. The van der Waals surface area contributed by atoms with Crippen LogP contribution in [0.2, 0.25) is 0 Å². The number of para-hydroxylation sites is 1. The predicted molar refractivity (Wildman–Crippen MR) is 77.5 cm³/mol. The summed E-state index contributed by atoms with van der Waals surface area (Å²) in [5.41, 5.74) is 2.40. The quantitative estimate of drug-likeness (QED) is 0.867. The Morgan fingerprint density at radius 2 is 2.30 bits per heavy atom. The second-order valence-electron chi connectivity index (χ2n) is 4.99. The van der Waals surface area contributed by atoms with Crippen LogP contribution < -0.4 is 10.6 Å². The summed E-state index contributed by atoms with van der Waals surface area (Å²) in [5, 5.41) is 10.4. The second kappa shape index (κ2) is 5.77. The zero-order valence-corrected chi connectivity index (χ0v) is 11.2. The van der Waals surface area contributed by atoms with E-state index in [0.29, 0.717) is 19.5 Å². The number of hydrogen-bond donors (Lipinski definition) is 2. The number of carbonyl (C=O) groups is 1. The minimum Gasteiger partial charge on any atom is -0.384 e. The van der Waals surface area contributed by atoms with Gasteiger partial charge in [0.05, 0.1) is 6.54 Å². The van der Waals surface area contributed by atoms with Gasteiger partial charge in [0, 0.05) is 43.5 Å². The molecule has 0 saturated carbocycles. The first-order valence-electron chi connectivity index (χ1n) is 6.90. The van der Waals surface area contributed by atoms with E-state index in [1.54, 1.807) is 6.20 Å². The number of anilines is 1. The van der Waals surface area contributed by atoms with Crippen molar-refractivity contribution in [3.63, 3.8) is 0 Å². The Kier molecular flexibility index (Phi) is 3.67. The number of fused-ring (bicyclic) bond motifs is 1. The van der Waals surface area contributed by atoms with E-state index in [1.807, 2.05) is 29.1 Å². The topological polar surface area (TPSA) is 59.0 Å². The third-order valence-corrected chi connectivity index (χ3v) is 3.59. The van der Waals surface area contributed by atoms with Crippen LogP contribution in [-0.2, 0) is 11.3 Å². The molecule has 1 aromatic carbocycles. The molecule has 1 amide bonds. The average molecular weight is 270 g/mol. The van der Waals surface area contributed by atoms with Crippen LogP contribution in [0.5, 0.6) is 0 Å². The molecule has 1 aliphatic rings. The summed E-state index contributed by atoms with van der Waals surface area (Å²) < 4.78 is 1.81. The third-order valence-electron chi connectivity index (χ3n) is 3.59. The Hall–Kier alpha value is -2.30. The molecule has 0 fully saturated rings. The first-order valence-corrected chi connectivity index (χ1v) is 6.90. The van der Waals surface area contributed by atoms with Crippen molar-refractivity contribution in [2.24, 2.45) is 0 Å². The molecule has 2 aromatic rings. The molecule has 5 heteroatoms. The van der Waals surface area contributed by atoms with E-state index in [9.17, 15) is 4.79 Å². The van der Waals surface area contributed by atoms with Crippen molar-refractivity contribution in [3.05, 3.63) is 48.3 Å². The summed E-state index contributed by atoms with van der Waals surface area (Å²) >= 11 is 0. The molecular weight excluding hydrogens is 252 g/mol. The van der Waals surface area contributed by atoms with Crippen LogP contribution in [0.25, 0.3) is 0 Å². The Bertz CT molecular complexity index is 579. The molecule has 0 aliphatic carbocycles. The number of rotatable bonds is 5. The van der Waals surface area contributed by atoms with Crippen LogP contribution in [0.3, 0.4) is 0 Å². The number of nitrogens with one attached hydrogen (secondary N) is 2. The van der Waals surface area contributed by atoms with Gasteiger partial charge in [-0.1, -0.05) is 18.2 Å². The highest BCUT2D eigenvalue weighted by atomic mass is 16.1. The van der Waals surface area contributed by atoms with E-state index in [1.165, 1.54) is 5.56 Å².